The second-order valence-electron chi connectivity index (χ2n) is 8.46. The molecule has 5 nitrogen and oxygen atoms in total. The minimum absolute atomic E-state index is 0.0929. The highest BCUT2D eigenvalue weighted by atomic mass is 35.5. The number of fused-ring (bicyclic) bond motifs is 2. The Bertz CT molecular complexity index is 853. The van der Waals surface area contributed by atoms with Gasteiger partial charge in [-0.15, -0.1) is 0 Å². The van der Waals surface area contributed by atoms with Crippen LogP contribution < -0.4 is 5.32 Å². The molecule has 0 spiro atoms. The van der Waals surface area contributed by atoms with Gasteiger partial charge in [0.25, 0.3) is 0 Å². The van der Waals surface area contributed by atoms with Crippen LogP contribution in [-0.4, -0.2) is 37.8 Å². The van der Waals surface area contributed by atoms with Gasteiger partial charge in [-0.3, -0.25) is 4.79 Å². The number of piperidine rings is 1. The Labute approximate surface area is 176 Å². The number of nitrogens with zero attached hydrogens (tertiary/aromatic N) is 1. The van der Waals surface area contributed by atoms with Crippen LogP contribution in [0.1, 0.15) is 44.1 Å². The van der Waals surface area contributed by atoms with Crippen molar-refractivity contribution in [2.75, 3.05) is 13.1 Å². The van der Waals surface area contributed by atoms with E-state index in [-0.39, 0.29) is 17.6 Å². The predicted octanol–water partition coefficient (Wildman–Crippen LogP) is 3.84. The van der Waals surface area contributed by atoms with Gasteiger partial charge >= 0.3 is 0 Å². The van der Waals surface area contributed by atoms with Crippen LogP contribution in [0, 0.1) is 17.8 Å². The normalized spacial score (nSPS) is 28.6. The topological polar surface area (TPSA) is 66.5 Å². The number of halogens is 2. The Morgan fingerprint density at radius 1 is 1.11 bits per heavy atom. The van der Waals surface area contributed by atoms with E-state index in [4.69, 9.17) is 23.2 Å². The summed E-state index contributed by atoms with van der Waals surface area (Å²) in [5.74, 6) is 1.31. The van der Waals surface area contributed by atoms with Crippen LogP contribution in [-0.2, 0) is 20.6 Å². The molecule has 3 atom stereocenters. The molecule has 4 rings (SSSR count). The van der Waals surface area contributed by atoms with Crippen molar-refractivity contribution in [3.63, 3.8) is 0 Å². The van der Waals surface area contributed by atoms with Crippen LogP contribution in [0.2, 0.25) is 10.0 Å². The molecular weight excluding hydrogens is 419 g/mol. The summed E-state index contributed by atoms with van der Waals surface area (Å²) in [7, 11) is -3.48. The molecule has 1 amide bonds. The minimum Gasteiger partial charge on any atom is -0.353 e. The number of carbonyl (C=O) groups excluding carboxylic acids is 1. The molecule has 1 N–H and O–H groups in total. The highest BCUT2D eigenvalue weighted by molar-refractivity contribution is 7.88. The van der Waals surface area contributed by atoms with Crippen LogP contribution in [0.3, 0.4) is 0 Å². The lowest BCUT2D eigenvalue weighted by molar-refractivity contribution is -0.127. The molecule has 2 aliphatic carbocycles. The fourth-order valence-corrected chi connectivity index (χ4v) is 7.19. The molecule has 0 radical (unpaired) electrons. The van der Waals surface area contributed by atoms with E-state index in [0.717, 1.165) is 12.3 Å². The van der Waals surface area contributed by atoms with Gasteiger partial charge in [0.15, 0.2) is 0 Å². The quantitative estimate of drug-likeness (QED) is 0.749. The highest BCUT2D eigenvalue weighted by Gasteiger charge is 2.41. The fraction of sp³-hybridized carbons (Fsp3) is 0.650. The first-order chi connectivity index (χ1) is 13.3. The molecule has 1 saturated heterocycles. The minimum atomic E-state index is -3.48. The maximum absolute atomic E-state index is 12.8. The molecule has 3 unspecified atom stereocenters. The van der Waals surface area contributed by atoms with Crippen molar-refractivity contribution >= 4 is 39.1 Å². The summed E-state index contributed by atoms with van der Waals surface area (Å²) < 4.78 is 27.0. The smallest absolute Gasteiger partial charge is 0.223 e. The maximum Gasteiger partial charge on any atom is 0.223 e. The van der Waals surface area contributed by atoms with Crippen LogP contribution in [0.25, 0.3) is 0 Å². The van der Waals surface area contributed by atoms with Crippen molar-refractivity contribution in [3.05, 3.63) is 33.8 Å². The van der Waals surface area contributed by atoms with E-state index < -0.39 is 10.0 Å². The molecule has 2 bridgehead atoms. The standard InChI is InChI=1S/C20H26Cl2N2O3S/c21-17-4-3-16(18(22)11-17)12-28(26,27)24-7-5-14(6-8-24)20(25)23-19-10-13-1-2-15(19)9-13/h3-4,11,13-15,19H,1-2,5-10,12H2,(H,23,25). The summed E-state index contributed by atoms with van der Waals surface area (Å²) in [6.45, 7) is 0.755. The first-order valence-electron chi connectivity index (χ1n) is 10.0. The van der Waals surface area contributed by atoms with Gasteiger partial charge < -0.3 is 5.32 Å². The van der Waals surface area contributed by atoms with Crippen LogP contribution >= 0.6 is 23.2 Å². The summed E-state index contributed by atoms with van der Waals surface area (Å²) in [5.41, 5.74) is 0.544. The van der Waals surface area contributed by atoms with Gasteiger partial charge in [-0.25, -0.2) is 12.7 Å². The number of hydrogen-bond donors (Lipinski definition) is 1. The molecule has 1 aromatic rings. The molecule has 0 aromatic heterocycles. The molecule has 2 saturated carbocycles. The Balaban J connectivity index is 1.31. The average molecular weight is 445 g/mol. The monoisotopic (exact) mass is 444 g/mol. The lowest BCUT2D eigenvalue weighted by Crippen LogP contribution is -2.46. The van der Waals surface area contributed by atoms with Crippen molar-refractivity contribution in [2.24, 2.45) is 17.8 Å². The molecule has 1 aromatic carbocycles. The van der Waals surface area contributed by atoms with E-state index in [1.54, 1.807) is 18.2 Å². The number of nitrogens with one attached hydrogen (secondary N) is 1. The van der Waals surface area contributed by atoms with Gasteiger partial charge in [-0.05, 0) is 61.6 Å². The lowest BCUT2D eigenvalue weighted by atomic mass is 9.93. The summed E-state index contributed by atoms with van der Waals surface area (Å²) >= 11 is 12.0. The zero-order valence-corrected chi connectivity index (χ0v) is 18.1. The third-order valence-corrected chi connectivity index (χ3v) is 9.05. The summed E-state index contributed by atoms with van der Waals surface area (Å²) in [4.78, 5) is 12.6. The van der Waals surface area contributed by atoms with Crippen LogP contribution in [0.4, 0.5) is 0 Å². The predicted molar refractivity (Wildman–Crippen MR) is 111 cm³/mol. The molecule has 8 heteroatoms. The van der Waals surface area contributed by atoms with Gasteiger partial charge in [-0.2, -0.15) is 0 Å². The maximum atomic E-state index is 12.8. The third-order valence-electron chi connectivity index (χ3n) is 6.64. The van der Waals surface area contributed by atoms with Crippen molar-refractivity contribution < 1.29 is 13.2 Å². The van der Waals surface area contributed by atoms with Gasteiger partial charge in [-0.1, -0.05) is 35.7 Å². The summed E-state index contributed by atoms with van der Waals surface area (Å²) in [5, 5.41) is 4.09. The van der Waals surface area contributed by atoms with Gasteiger partial charge in [0.2, 0.25) is 15.9 Å². The number of carbonyl (C=O) groups is 1. The molecule has 154 valence electrons. The van der Waals surface area contributed by atoms with E-state index in [0.29, 0.717) is 53.5 Å². The molecular formula is C20H26Cl2N2O3S. The Morgan fingerprint density at radius 2 is 1.86 bits per heavy atom. The van der Waals surface area contributed by atoms with Crippen molar-refractivity contribution in [1.29, 1.82) is 0 Å². The van der Waals surface area contributed by atoms with Gasteiger partial charge in [0, 0.05) is 35.1 Å². The Hall–Kier alpha value is -0.820. The number of sulfonamides is 1. The number of hydrogen-bond acceptors (Lipinski definition) is 3. The largest absolute Gasteiger partial charge is 0.353 e. The lowest BCUT2D eigenvalue weighted by Gasteiger charge is -2.32. The van der Waals surface area contributed by atoms with E-state index in [1.165, 1.54) is 23.6 Å². The molecule has 3 fully saturated rings. The van der Waals surface area contributed by atoms with Crippen molar-refractivity contribution in [1.82, 2.24) is 9.62 Å². The van der Waals surface area contributed by atoms with Crippen LogP contribution in [0.5, 0.6) is 0 Å². The summed E-state index contributed by atoms with van der Waals surface area (Å²) in [6, 6.07) is 5.18. The third kappa shape index (κ3) is 4.35. The fourth-order valence-electron chi connectivity index (χ4n) is 5.04. The molecule has 3 aliphatic rings. The van der Waals surface area contributed by atoms with Crippen LogP contribution in [0.15, 0.2) is 18.2 Å². The molecule has 1 heterocycles. The second kappa shape index (κ2) is 8.13. The number of rotatable bonds is 5. The first kappa shape index (κ1) is 20.5. The molecule has 1 aliphatic heterocycles. The Kier molecular flexibility index (Phi) is 5.94. The van der Waals surface area contributed by atoms with Gasteiger partial charge in [0.05, 0.1) is 5.75 Å². The van der Waals surface area contributed by atoms with Gasteiger partial charge in [0.1, 0.15) is 0 Å². The van der Waals surface area contributed by atoms with E-state index in [1.807, 2.05) is 0 Å². The zero-order chi connectivity index (χ0) is 19.9. The number of amides is 1. The van der Waals surface area contributed by atoms with E-state index in [2.05, 4.69) is 5.32 Å². The summed E-state index contributed by atoms with van der Waals surface area (Å²) in [6.07, 6.45) is 6.06. The molecule has 28 heavy (non-hydrogen) atoms. The van der Waals surface area contributed by atoms with E-state index in [9.17, 15) is 13.2 Å². The Morgan fingerprint density at radius 3 is 2.46 bits per heavy atom. The van der Waals surface area contributed by atoms with Crippen molar-refractivity contribution in [2.45, 2.75) is 50.3 Å². The van der Waals surface area contributed by atoms with Crippen molar-refractivity contribution in [3.8, 4) is 0 Å². The SMILES string of the molecule is O=C(NC1CC2CCC1C2)C1CCN(S(=O)(=O)Cc2ccc(Cl)cc2Cl)CC1. The second-order valence-corrected chi connectivity index (χ2v) is 11.3. The highest BCUT2D eigenvalue weighted by Crippen LogP contribution is 2.44. The first-order valence-corrected chi connectivity index (χ1v) is 12.4. The van der Waals surface area contributed by atoms with E-state index >= 15 is 0 Å². The zero-order valence-electron chi connectivity index (χ0n) is 15.7. The average Bonchev–Trinajstić information content (AvgIpc) is 3.27. The number of benzene rings is 1.